The van der Waals surface area contributed by atoms with Crippen molar-refractivity contribution in [2.75, 3.05) is 26.3 Å². The molecule has 190 valence electrons. The molecular weight excluding hydrogens is 477 g/mol. The molecule has 1 aliphatic rings. The number of carbonyl (C=O) groups is 2. The highest BCUT2D eigenvalue weighted by atomic mass is 35.5. The van der Waals surface area contributed by atoms with Crippen LogP contribution in [0.4, 0.5) is 4.39 Å². The number of carbonyl (C=O) groups excluding carboxylic acids is 1. The summed E-state index contributed by atoms with van der Waals surface area (Å²) in [6.45, 7) is 5.84. The molecular formula is C25H31ClFN3O5. The van der Waals surface area contributed by atoms with E-state index in [9.17, 15) is 14.0 Å². The Morgan fingerprint density at radius 1 is 1.11 bits per heavy atom. The first-order valence-electron chi connectivity index (χ1n) is 11.5. The molecule has 0 aromatic heterocycles. The minimum absolute atomic E-state index is 0.0267. The molecule has 2 aromatic rings. The molecule has 1 amide bonds. The number of halogens is 2. The summed E-state index contributed by atoms with van der Waals surface area (Å²) in [5.41, 5.74) is 6.53. The quantitative estimate of drug-likeness (QED) is 0.509. The van der Waals surface area contributed by atoms with Gasteiger partial charge in [0.1, 0.15) is 11.9 Å². The number of piperazine rings is 1. The normalized spacial score (nSPS) is 19.3. The van der Waals surface area contributed by atoms with Gasteiger partial charge in [-0.3, -0.25) is 14.5 Å². The largest absolute Gasteiger partial charge is 0.490 e. The number of carboxylic acids is 1. The number of hydrogen-bond donors (Lipinski definition) is 2. The van der Waals surface area contributed by atoms with E-state index in [0.717, 1.165) is 5.56 Å². The van der Waals surface area contributed by atoms with Crippen molar-refractivity contribution in [2.45, 2.75) is 44.9 Å². The van der Waals surface area contributed by atoms with Crippen LogP contribution < -0.4 is 15.2 Å². The first-order chi connectivity index (χ1) is 16.6. The van der Waals surface area contributed by atoms with E-state index in [1.807, 2.05) is 6.92 Å². The zero-order valence-corrected chi connectivity index (χ0v) is 20.6. The SMILES string of the molecule is CC1CN(C(=O)COc2ccc(Cl)cc2OCCC(N)C(=O)O)C(C)CN1Cc1ccc(F)cc1. The molecule has 0 radical (unpaired) electrons. The van der Waals surface area contributed by atoms with Crippen molar-refractivity contribution in [3.05, 3.63) is 58.9 Å². The Morgan fingerprint density at radius 3 is 2.51 bits per heavy atom. The van der Waals surface area contributed by atoms with Gasteiger partial charge in [-0.05, 0) is 43.7 Å². The Bertz CT molecular complexity index is 1020. The van der Waals surface area contributed by atoms with Crippen molar-refractivity contribution in [3.8, 4) is 11.5 Å². The summed E-state index contributed by atoms with van der Waals surface area (Å²) in [7, 11) is 0. The predicted octanol–water partition coefficient (Wildman–Crippen LogP) is 3.16. The molecule has 8 nitrogen and oxygen atoms in total. The van der Waals surface area contributed by atoms with Crippen LogP contribution in [0, 0.1) is 5.82 Å². The monoisotopic (exact) mass is 507 g/mol. The lowest BCUT2D eigenvalue weighted by Gasteiger charge is -2.44. The van der Waals surface area contributed by atoms with Crippen LogP contribution in [0.3, 0.4) is 0 Å². The van der Waals surface area contributed by atoms with E-state index < -0.39 is 12.0 Å². The van der Waals surface area contributed by atoms with Crippen LogP contribution in [-0.4, -0.2) is 71.2 Å². The Kier molecular flexibility index (Phi) is 9.31. The molecule has 1 fully saturated rings. The predicted molar refractivity (Wildman–Crippen MR) is 130 cm³/mol. The second-order valence-electron chi connectivity index (χ2n) is 8.76. The summed E-state index contributed by atoms with van der Waals surface area (Å²) in [5, 5.41) is 9.32. The Balaban J connectivity index is 1.55. The molecule has 3 unspecified atom stereocenters. The maximum atomic E-state index is 13.2. The van der Waals surface area contributed by atoms with E-state index in [1.54, 1.807) is 35.2 Å². The van der Waals surface area contributed by atoms with Gasteiger partial charge < -0.3 is 25.2 Å². The van der Waals surface area contributed by atoms with Crippen LogP contribution in [0.1, 0.15) is 25.8 Å². The standard InChI is InChI=1S/C25H31ClFN3O5/c1-16-13-30(17(2)12-29(16)14-18-3-6-20(27)7-4-18)24(31)15-35-22-8-5-19(26)11-23(22)34-10-9-21(28)25(32)33/h3-8,11,16-17,21H,9-10,12-15,28H2,1-2H3,(H,32,33). The van der Waals surface area contributed by atoms with Gasteiger partial charge in [-0.15, -0.1) is 0 Å². The fourth-order valence-corrected chi connectivity index (χ4v) is 4.11. The van der Waals surface area contributed by atoms with E-state index in [0.29, 0.717) is 36.2 Å². The maximum Gasteiger partial charge on any atom is 0.320 e. The second kappa shape index (κ2) is 12.2. The summed E-state index contributed by atoms with van der Waals surface area (Å²) < 4.78 is 24.6. The van der Waals surface area contributed by atoms with Crippen molar-refractivity contribution < 1.29 is 28.6 Å². The van der Waals surface area contributed by atoms with Crippen LogP contribution in [-0.2, 0) is 16.1 Å². The highest BCUT2D eigenvalue weighted by molar-refractivity contribution is 6.30. The maximum absolute atomic E-state index is 13.2. The zero-order chi connectivity index (χ0) is 25.5. The molecule has 1 heterocycles. The lowest BCUT2D eigenvalue weighted by atomic mass is 10.1. The number of amides is 1. The van der Waals surface area contributed by atoms with Crippen molar-refractivity contribution in [3.63, 3.8) is 0 Å². The van der Waals surface area contributed by atoms with Crippen molar-refractivity contribution >= 4 is 23.5 Å². The molecule has 0 bridgehead atoms. The topological polar surface area (TPSA) is 105 Å². The molecule has 3 atom stereocenters. The molecule has 1 saturated heterocycles. The van der Waals surface area contributed by atoms with Crippen molar-refractivity contribution in [1.82, 2.24) is 9.80 Å². The van der Waals surface area contributed by atoms with Gasteiger partial charge in [0.2, 0.25) is 0 Å². The third kappa shape index (κ3) is 7.55. The lowest BCUT2D eigenvalue weighted by molar-refractivity contribution is -0.140. The molecule has 3 rings (SSSR count). The summed E-state index contributed by atoms with van der Waals surface area (Å²) in [6, 6.07) is 10.3. The number of nitrogens with two attached hydrogens (primary N) is 1. The highest BCUT2D eigenvalue weighted by Gasteiger charge is 2.32. The number of ether oxygens (including phenoxy) is 2. The average molecular weight is 508 g/mol. The van der Waals surface area contributed by atoms with Crippen LogP contribution >= 0.6 is 11.6 Å². The van der Waals surface area contributed by atoms with Crippen LogP contribution in [0.25, 0.3) is 0 Å². The van der Waals surface area contributed by atoms with Crippen molar-refractivity contribution in [1.29, 1.82) is 0 Å². The van der Waals surface area contributed by atoms with Gasteiger partial charge >= 0.3 is 5.97 Å². The molecule has 1 aliphatic heterocycles. The second-order valence-corrected chi connectivity index (χ2v) is 9.20. The van der Waals surface area contributed by atoms with Gasteiger partial charge in [0, 0.05) is 49.2 Å². The van der Waals surface area contributed by atoms with Gasteiger partial charge in [0.25, 0.3) is 5.91 Å². The Labute approximate surface area is 209 Å². The molecule has 0 spiro atoms. The first kappa shape index (κ1) is 26.7. The van der Waals surface area contributed by atoms with Crippen LogP contribution in [0.5, 0.6) is 11.5 Å². The number of aliphatic carboxylic acids is 1. The summed E-state index contributed by atoms with van der Waals surface area (Å²) in [4.78, 5) is 27.9. The van der Waals surface area contributed by atoms with Gasteiger partial charge in [-0.1, -0.05) is 23.7 Å². The third-order valence-corrected chi connectivity index (χ3v) is 6.23. The molecule has 3 N–H and O–H groups in total. The number of benzene rings is 2. The van der Waals surface area contributed by atoms with E-state index in [4.69, 9.17) is 31.9 Å². The fourth-order valence-electron chi connectivity index (χ4n) is 3.95. The number of nitrogens with zero attached hydrogens (tertiary/aromatic N) is 2. The average Bonchev–Trinajstić information content (AvgIpc) is 2.81. The van der Waals surface area contributed by atoms with E-state index in [1.165, 1.54) is 12.1 Å². The number of carboxylic acid groups (broad SMARTS) is 1. The summed E-state index contributed by atoms with van der Waals surface area (Å²) in [5.74, 6) is -0.873. The number of rotatable bonds is 10. The smallest absolute Gasteiger partial charge is 0.320 e. The van der Waals surface area contributed by atoms with Crippen LogP contribution in [0.15, 0.2) is 42.5 Å². The molecule has 10 heteroatoms. The Morgan fingerprint density at radius 2 is 1.83 bits per heavy atom. The van der Waals surface area contributed by atoms with E-state index in [-0.39, 0.29) is 43.4 Å². The minimum atomic E-state index is -1.11. The third-order valence-electron chi connectivity index (χ3n) is 5.99. The summed E-state index contributed by atoms with van der Waals surface area (Å²) in [6.07, 6.45) is 0.109. The van der Waals surface area contributed by atoms with Gasteiger partial charge in [-0.25, -0.2) is 4.39 Å². The summed E-state index contributed by atoms with van der Waals surface area (Å²) >= 11 is 6.05. The highest BCUT2D eigenvalue weighted by Crippen LogP contribution is 2.31. The Hall–Kier alpha value is -2.88. The van der Waals surface area contributed by atoms with E-state index in [2.05, 4.69) is 11.8 Å². The first-order valence-corrected chi connectivity index (χ1v) is 11.8. The van der Waals surface area contributed by atoms with Crippen LogP contribution in [0.2, 0.25) is 5.02 Å². The fraction of sp³-hybridized carbons (Fsp3) is 0.440. The minimum Gasteiger partial charge on any atom is -0.490 e. The molecule has 0 saturated carbocycles. The zero-order valence-electron chi connectivity index (χ0n) is 19.8. The molecule has 35 heavy (non-hydrogen) atoms. The van der Waals surface area contributed by atoms with Gasteiger partial charge in [-0.2, -0.15) is 0 Å². The van der Waals surface area contributed by atoms with Gasteiger partial charge in [0.15, 0.2) is 18.1 Å². The molecule has 0 aliphatic carbocycles. The number of hydrogen-bond acceptors (Lipinski definition) is 6. The lowest BCUT2D eigenvalue weighted by Crippen LogP contribution is -2.58. The molecule has 2 aromatic carbocycles. The van der Waals surface area contributed by atoms with Gasteiger partial charge in [0.05, 0.1) is 6.61 Å². The van der Waals surface area contributed by atoms with Crippen molar-refractivity contribution in [2.24, 2.45) is 5.73 Å². The van der Waals surface area contributed by atoms with E-state index >= 15 is 0 Å².